The smallest absolute Gasteiger partial charge is 0.303 e. The van der Waals surface area contributed by atoms with E-state index >= 15 is 0 Å². The van der Waals surface area contributed by atoms with Gasteiger partial charge in [-0.2, -0.15) is 0 Å². The van der Waals surface area contributed by atoms with Crippen LogP contribution in [0.3, 0.4) is 0 Å². The van der Waals surface area contributed by atoms with Crippen LogP contribution in [0.2, 0.25) is 0 Å². The predicted octanol–water partition coefficient (Wildman–Crippen LogP) is 3.05. The van der Waals surface area contributed by atoms with E-state index in [1.54, 1.807) is 17.0 Å². The highest BCUT2D eigenvalue weighted by molar-refractivity contribution is 5.77. The first-order valence-electron chi connectivity index (χ1n) is 9.19. The molecule has 0 aliphatic carbocycles. The monoisotopic (exact) mass is 387 g/mol. The molecule has 0 atom stereocenters. The number of aliphatic hydroxyl groups excluding tert-OH is 1. The Kier molecular flexibility index (Phi) is 10.4. The zero-order valence-electron chi connectivity index (χ0n) is 16.7. The molecule has 0 fully saturated rings. The summed E-state index contributed by atoms with van der Waals surface area (Å²) in [5.74, 6) is -0.280. The molecule has 0 saturated carbocycles. The van der Waals surface area contributed by atoms with E-state index in [2.05, 4.69) is 6.07 Å². The molecule has 0 unspecified atom stereocenters. The summed E-state index contributed by atoms with van der Waals surface area (Å²) < 4.78 is 5.59. The number of aryl methyl sites for hydroxylation is 2. The summed E-state index contributed by atoms with van der Waals surface area (Å²) in [4.78, 5) is 24.8. The minimum absolute atomic E-state index is 0.0197. The second kappa shape index (κ2) is 12.5. The van der Waals surface area contributed by atoms with Gasteiger partial charge in [0.05, 0.1) is 0 Å². The Morgan fingerprint density at radius 2 is 1.71 bits per heavy atom. The van der Waals surface area contributed by atoms with E-state index in [9.17, 15) is 9.59 Å². The van der Waals surface area contributed by atoms with Crippen LogP contribution in [0.25, 0.3) is 0 Å². The van der Waals surface area contributed by atoms with E-state index in [1.807, 2.05) is 44.2 Å². The number of likely N-dealkylation sites (N-methyl/N-ethyl adjacent to an activating group) is 1. The van der Waals surface area contributed by atoms with Crippen LogP contribution in [0.4, 0.5) is 0 Å². The Morgan fingerprint density at radius 1 is 1.04 bits per heavy atom. The van der Waals surface area contributed by atoms with Crippen LogP contribution < -0.4 is 4.74 Å². The molecular formula is C22H29NO5. The van der Waals surface area contributed by atoms with Gasteiger partial charge in [-0.1, -0.05) is 42.0 Å². The van der Waals surface area contributed by atoms with Gasteiger partial charge in [-0.25, -0.2) is 0 Å². The Morgan fingerprint density at radius 3 is 2.29 bits per heavy atom. The van der Waals surface area contributed by atoms with E-state index in [-0.39, 0.29) is 18.9 Å². The molecule has 28 heavy (non-hydrogen) atoms. The number of amides is 1. The highest BCUT2D eigenvalue weighted by Gasteiger charge is 2.13. The standard InChI is InChI=1S/C21H25NO4.CH4O/c1-3-22(14-18-6-4-5-16(2)13-18)20(23)15-26-19-10-7-17(8-11-19)9-12-21(24)25;1-2/h4-8,10-11,13H,3,9,12,14-15H2,1-2H3,(H,24,25);2H,1H3. The molecule has 2 aromatic carbocycles. The SMILES string of the molecule is CCN(Cc1cccc(C)c1)C(=O)COc1ccc(CCC(=O)O)cc1.CO. The zero-order valence-corrected chi connectivity index (χ0v) is 16.7. The van der Waals surface area contributed by atoms with Gasteiger partial charge in [0.2, 0.25) is 0 Å². The lowest BCUT2D eigenvalue weighted by atomic mass is 10.1. The number of ether oxygens (including phenoxy) is 1. The minimum Gasteiger partial charge on any atom is -0.484 e. The summed E-state index contributed by atoms with van der Waals surface area (Å²) in [7, 11) is 1.00. The van der Waals surface area contributed by atoms with Crippen molar-refractivity contribution in [3.05, 3.63) is 65.2 Å². The molecular weight excluding hydrogens is 358 g/mol. The number of carbonyl (C=O) groups is 2. The lowest BCUT2D eigenvalue weighted by Crippen LogP contribution is -2.34. The van der Waals surface area contributed by atoms with Gasteiger partial charge < -0.3 is 19.8 Å². The molecule has 0 aromatic heterocycles. The first kappa shape index (κ1) is 23.2. The highest BCUT2D eigenvalue weighted by Crippen LogP contribution is 2.14. The van der Waals surface area contributed by atoms with Crippen LogP contribution in [0.1, 0.15) is 30.0 Å². The van der Waals surface area contributed by atoms with E-state index in [1.165, 1.54) is 5.56 Å². The molecule has 0 spiro atoms. The van der Waals surface area contributed by atoms with Crippen molar-refractivity contribution in [2.75, 3.05) is 20.3 Å². The van der Waals surface area contributed by atoms with Crippen LogP contribution in [0.5, 0.6) is 5.75 Å². The highest BCUT2D eigenvalue weighted by atomic mass is 16.5. The molecule has 0 radical (unpaired) electrons. The van der Waals surface area contributed by atoms with Crippen molar-refractivity contribution in [3.8, 4) is 5.75 Å². The van der Waals surface area contributed by atoms with Crippen molar-refractivity contribution in [2.24, 2.45) is 0 Å². The maximum atomic E-state index is 12.4. The number of benzene rings is 2. The predicted molar refractivity (Wildman–Crippen MR) is 108 cm³/mol. The maximum absolute atomic E-state index is 12.4. The lowest BCUT2D eigenvalue weighted by Gasteiger charge is -2.21. The van der Waals surface area contributed by atoms with Crippen molar-refractivity contribution < 1.29 is 24.5 Å². The van der Waals surface area contributed by atoms with E-state index in [0.717, 1.165) is 18.2 Å². The van der Waals surface area contributed by atoms with Gasteiger partial charge in [0.1, 0.15) is 5.75 Å². The van der Waals surface area contributed by atoms with E-state index < -0.39 is 5.97 Å². The minimum atomic E-state index is -0.816. The third-order valence-electron chi connectivity index (χ3n) is 4.10. The molecule has 6 nitrogen and oxygen atoms in total. The molecule has 0 heterocycles. The van der Waals surface area contributed by atoms with Crippen LogP contribution in [0, 0.1) is 6.92 Å². The molecule has 0 aliphatic heterocycles. The van der Waals surface area contributed by atoms with Crippen LogP contribution in [-0.2, 0) is 22.6 Å². The molecule has 0 aliphatic rings. The fraction of sp³-hybridized carbons (Fsp3) is 0.364. The van der Waals surface area contributed by atoms with Gasteiger partial charge in [-0.15, -0.1) is 0 Å². The molecule has 2 N–H and O–H groups in total. The number of carboxylic acids is 1. The Labute approximate surface area is 166 Å². The number of hydrogen-bond donors (Lipinski definition) is 2. The van der Waals surface area contributed by atoms with Crippen LogP contribution in [-0.4, -0.2) is 47.3 Å². The lowest BCUT2D eigenvalue weighted by molar-refractivity contribution is -0.137. The maximum Gasteiger partial charge on any atom is 0.303 e. The molecule has 6 heteroatoms. The first-order valence-corrected chi connectivity index (χ1v) is 9.19. The third kappa shape index (κ3) is 8.22. The first-order chi connectivity index (χ1) is 13.5. The van der Waals surface area contributed by atoms with Crippen molar-refractivity contribution in [2.45, 2.75) is 33.2 Å². The third-order valence-corrected chi connectivity index (χ3v) is 4.10. The summed E-state index contributed by atoms with van der Waals surface area (Å²) in [6.07, 6.45) is 0.581. The summed E-state index contributed by atoms with van der Waals surface area (Å²) in [5, 5.41) is 15.7. The number of nitrogens with zero attached hydrogens (tertiary/aromatic N) is 1. The fourth-order valence-electron chi connectivity index (χ4n) is 2.65. The van der Waals surface area contributed by atoms with Crippen molar-refractivity contribution in [1.82, 2.24) is 4.90 Å². The molecule has 152 valence electrons. The number of carboxylic acid groups (broad SMARTS) is 1. The Bertz CT molecular complexity index is 743. The average molecular weight is 387 g/mol. The summed E-state index contributed by atoms with van der Waals surface area (Å²) in [6.45, 7) is 5.14. The fourth-order valence-corrected chi connectivity index (χ4v) is 2.65. The van der Waals surface area contributed by atoms with Gasteiger partial charge in [0, 0.05) is 26.6 Å². The summed E-state index contributed by atoms with van der Waals surface area (Å²) >= 11 is 0. The van der Waals surface area contributed by atoms with Crippen molar-refractivity contribution >= 4 is 11.9 Å². The normalized spacial score (nSPS) is 9.86. The van der Waals surface area contributed by atoms with Gasteiger partial charge in [0.15, 0.2) is 6.61 Å². The van der Waals surface area contributed by atoms with Crippen LogP contribution in [0.15, 0.2) is 48.5 Å². The average Bonchev–Trinajstić information content (AvgIpc) is 2.71. The molecule has 0 bridgehead atoms. The summed E-state index contributed by atoms with van der Waals surface area (Å²) in [6, 6.07) is 15.3. The molecule has 0 saturated heterocycles. The van der Waals surface area contributed by atoms with Gasteiger partial charge in [-0.3, -0.25) is 9.59 Å². The number of aliphatic carboxylic acids is 1. The number of carbonyl (C=O) groups excluding carboxylic acids is 1. The number of rotatable bonds is 9. The van der Waals surface area contributed by atoms with Crippen LogP contribution >= 0.6 is 0 Å². The Hall–Kier alpha value is -2.86. The van der Waals surface area contributed by atoms with Gasteiger partial charge in [0.25, 0.3) is 5.91 Å². The molecule has 1 amide bonds. The quantitative estimate of drug-likeness (QED) is 0.691. The van der Waals surface area contributed by atoms with E-state index in [4.69, 9.17) is 14.9 Å². The topological polar surface area (TPSA) is 87.1 Å². The second-order valence-electron chi connectivity index (χ2n) is 6.22. The zero-order chi connectivity index (χ0) is 20.9. The molecule has 2 rings (SSSR count). The van der Waals surface area contributed by atoms with E-state index in [0.29, 0.717) is 25.3 Å². The van der Waals surface area contributed by atoms with Gasteiger partial charge in [-0.05, 0) is 43.5 Å². The number of hydrogen-bond acceptors (Lipinski definition) is 4. The Balaban J connectivity index is 0.00000190. The summed E-state index contributed by atoms with van der Waals surface area (Å²) in [5.41, 5.74) is 3.20. The largest absolute Gasteiger partial charge is 0.484 e. The van der Waals surface area contributed by atoms with Crippen molar-refractivity contribution in [1.29, 1.82) is 0 Å². The molecule has 2 aromatic rings. The van der Waals surface area contributed by atoms with Crippen molar-refractivity contribution in [3.63, 3.8) is 0 Å². The number of aliphatic hydroxyl groups is 1. The second-order valence-corrected chi connectivity index (χ2v) is 6.22. The van der Waals surface area contributed by atoms with Gasteiger partial charge >= 0.3 is 5.97 Å².